The molecule has 0 radical (unpaired) electrons. The zero-order chi connectivity index (χ0) is 12.8. The summed E-state index contributed by atoms with van der Waals surface area (Å²) in [6, 6.07) is 0.807. The molecule has 17 heavy (non-hydrogen) atoms. The highest BCUT2D eigenvalue weighted by Crippen LogP contribution is 2.13. The van der Waals surface area contributed by atoms with Gasteiger partial charge in [0, 0.05) is 25.7 Å². The zero-order valence-corrected chi connectivity index (χ0v) is 11.7. The average Bonchev–Trinajstić information content (AvgIpc) is 2.34. The molecule has 4 heteroatoms. The van der Waals surface area contributed by atoms with Gasteiger partial charge < -0.3 is 15.1 Å². The van der Waals surface area contributed by atoms with Crippen molar-refractivity contribution in [3.8, 4) is 0 Å². The van der Waals surface area contributed by atoms with Crippen LogP contribution in [0.5, 0.6) is 0 Å². The molecule has 1 saturated heterocycles. The quantitative estimate of drug-likeness (QED) is 0.778. The van der Waals surface area contributed by atoms with Crippen molar-refractivity contribution in [2.45, 2.75) is 45.2 Å². The lowest BCUT2D eigenvalue weighted by molar-refractivity contribution is -0.132. The Morgan fingerprint density at radius 1 is 1.59 bits per heavy atom. The number of rotatable bonds is 5. The summed E-state index contributed by atoms with van der Waals surface area (Å²) >= 11 is 0. The maximum absolute atomic E-state index is 12.0. The van der Waals surface area contributed by atoms with Crippen molar-refractivity contribution in [1.82, 2.24) is 15.1 Å². The highest BCUT2D eigenvalue weighted by Gasteiger charge is 2.24. The van der Waals surface area contributed by atoms with E-state index in [9.17, 15) is 4.79 Å². The molecule has 1 amide bonds. The number of piperidine rings is 1. The largest absolute Gasteiger partial charge is 0.340 e. The second kappa shape index (κ2) is 6.97. The second-order valence-corrected chi connectivity index (χ2v) is 5.25. The molecule has 0 aromatic rings. The van der Waals surface area contributed by atoms with Crippen molar-refractivity contribution in [2.24, 2.45) is 0 Å². The molecule has 0 saturated carbocycles. The third-order valence-corrected chi connectivity index (χ3v) is 3.75. The Balaban J connectivity index is 2.35. The maximum Gasteiger partial charge on any atom is 0.236 e. The molecule has 1 aliphatic heterocycles. The normalized spacial score (nSPS) is 23.4. The number of amides is 1. The SMILES string of the molecule is CCC(C)NCC(=O)N(C)C1CCCN(C)C1. The number of nitrogens with zero attached hydrogens (tertiary/aromatic N) is 2. The van der Waals surface area contributed by atoms with Crippen LogP contribution in [0.15, 0.2) is 0 Å². The molecular weight excluding hydrogens is 214 g/mol. The van der Waals surface area contributed by atoms with E-state index in [1.165, 1.54) is 6.42 Å². The Morgan fingerprint density at radius 3 is 2.88 bits per heavy atom. The van der Waals surface area contributed by atoms with Gasteiger partial charge in [-0.1, -0.05) is 6.92 Å². The maximum atomic E-state index is 12.0. The summed E-state index contributed by atoms with van der Waals surface area (Å²) < 4.78 is 0. The van der Waals surface area contributed by atoms with Gasteiger partial charge in [0.15, 0.2) is 0 Å². The van der Waals surface area contributed by atoms with Gasteiger partial charge in [0.1, 0.15) is 0 Å². The van der Waals surface area contributed by atoms with Crippen molar-refractivity contribution in [2.75, 3.05) is 33.7 Å². The summed E-state index contributed by atoms with van der Waals surface area (Å²) in [5.74, 6) is 0.214. The van der Waals surface area contributed by atoms with E-state index >= 15 is 0 Å². The topological polar surface area (TPSA) is 35.6 Å². The lowest BCUT2D eigenvalue weighted by Crippen LogP contribution is -2.50. The number of hydrogen-bond donors (Lipinski definition) is 1. The third kappa shape index (κ3) is 4.64. The van der Waals surface area contributed by atoms with Crippen LogP contribution in [0.4, 0.5) is 0 Å². The Morgan fingerprint density at radius 2 is 2.29 bits per heavy atom. The summed E-state index contributed by atoms with van der Waals surface area (Å²) in [6.07, 6.45) is 3.39. The predicted octanol–water partition coefficient (Wildman–Crippen LogP) is 0.927. The Kier molecular flexibility index (Phi) is 5.92. The molecule has 1 heterocycles. The standard InChI is InChI=1S/C13H27N3O/c1-5-11(2)14-9-13(17)16(4)12-7-6-8-15(3)10-12/h11-12,14H,5-10H2,1-4H3. The molecule has 0 bridgehead atoms. The third-order valence-electron chi connectivity index (χ3n) is 3.75. The Labute approximate surface area is 105 Å². The molecule has 0 spiro atoms. The summed E-state index contributed by atoms with van der Waals surface area (Å²) in [6.45, 7) is 6.87. The molecule has 0 aromatic carbocycles. The Bertz CT molecular complexity index is 245. The van der Waals surface area contributed by atoms with E-state index in [2.05, 4.69) is 31.1 Å². The van der Waals surface area contributed by atoms with Crippen molar-refractivity contribution in [3.63, 3.8) is 0 Å². The first-order valence-corrected chi connectivity index (χ1v) is 6.72. The number of nitrogens with one attached hydrogen (secondary N) is 1. The van der Waals surface area contributed by atoms with E-state index < -0.39 is 0 Å². The fraction of sp³-hybridized carbons (Fsp3) is 0.923. The van der Waals surface area contributed by atoms with Crippen LogP contribution in [0.25, 0.3) is 0 Å². The molecule has 2 unspecified atom stereocenters. The predicted molar refractivity (Wildman–Crippen MR) is 71.0 cm³/mol. The lowest BCUT2D eigenvalue weighted by atomic mass is 10.1. The van der Waals surface area contributed by atoms with E-state index in [0.29, 0.717) is 18.6 Å². The smallest absolute Gasteiger partial charge is 0.236 e. The van der Waals surface area contributed by atoms with E-state index in [4.69, 9.17) is 0 Å². The molecular formula is C13H27N3O. The van der Waals surface area contributed by atoms with Crippen LogP contribution in [-0.4, -0.2) is 61.5 Å². The van der Waals surface area contributed by atoms with Crippen LogP contribution in [0.3, 0.4) is 0 Å². The van der Waals surface area contributed by atoms with Crippen LogP contribution < -0.4 is 5.32 Å². The van der Waals surface area contributed by atoms with Crippen LogP contribution in [-0.2, 0) is 4.79 Å². The van der Waals surface area contributed by atoms with Gasteiger partial charge in [-0.3, -0.25) is 4.79 Å². The van der Waals surface area contributed by atoms with Gasteiger partial charge in [-0.2, -0.15) is 0 Å². The molecule has 100 valence electrons. The van der Waals surface area contributed by atoms with E-state index in [1.54, 1.807) is 0 Å². The van der Waals surface area contributed by atoms with Crippen molar-refractivity contribution >= 4 is 5.91 Å². The van der Waals surface area contributed by atoms with Gasteiger partial charge in [-0.25, -0.2) is 0 Å². The van der Waals surface area contributed by atoms with E-state index in [0.717, 1.165) is 25.9 Å². The van der Waals surface area contributed by atoms with Crippen LogP contribution >= 0.6 is 0 Å². The first-order valence-electron chi connectivity index (χ1n) is 6.72. The van der Waals surface area contributed by atoms with Crippen molar-refractivity contribution in [1.29, 1.82) is 0 Å². The van der Waals surface area contributed by atoms with Gasteiger partial charge >= 0.3 is 0 Å². The zero-order valence-electron chi connectivity index (χ0n) is 11.7. The van der Waals surface area contributed by atoms with Crippen LogP contribution in [0, 0.1) is 0 Å². The van der Waals surface area contributed by atoms with Crippen LogP contribution in [0.1, 0.15) is 33.1 Å². The van der Waals surface area contributed by atoms with E-state index in [1.807, 2.05) is 11.9 Å². The van der Waals surface area contributed by atoms with Crippen molar-refractivity contribution < 1.29 is 4.79 Å². The number of carbonyl (C=O) groups is 1. The molecule has 1 fully saturated rings. The molecule has 1 N–H and O–H groups in total. The molecule has 2 atom stereocenters. The number of carbonyl (C=O) groups excluding carboxylic acids is 1. The summed E-state index contributed by atoms with van der Waals surface area (Å²) in [7, 11) is 4.06. The molecule has 0 aliphatic carbocycles. The van der Waals surface area contributed by atoms with Gasteiger partial charge in [0.05, 0.1) is 6.54 Å². The highest BCUT2D eigenvalue weighted by molar-refractivity contribution is 5.78. The van der Waals surface area contributed by atoms with E-state index in [-0.39, 0.29) is 5.91 Å². The molecule has 1 aliphatic rings. The fourth-order valence-electron chi connectivity index (χ4n) is 2.19. The lowest BCUT2D eigenvalue weighted by Gasteiger charge is -2.36. The minimum Gasteiger partial charge on any atom is -0.340 e. The highest BCUT2D eigenvalue weighted by atomic mass is 16.2. The average molecular weight is 241 g/mol. The Hall–Kier alpha value is -0.610. The number of hydrogen-bond acceptors (Lipinski definition) is 3. The minimum absolute atomic E-state index is 0.214. The van der Waals surface area contributed by atoms with Gasteiger partial charge in [-0.05, 0) is 39.8 Å². The van der Waals surface area contributed by atoms with Crippen molar-refractivity contribution in [3.05, 3.63) is 0 Å². The second-order valence-electron chi connectivity index (χ2n) is 5.25. The first-order chi connectivity index (χ1) is 8.04. The minimum atomic E-state index is 0.214. The molecule has 1 rings (SSSR count). The van der Waals surface area contributed by atoms with Crippen LogP contribution in [0.2, 0.25) is 0 Å². The fourth-order valence-corrected chi connectivity index (χ4v) is 2.19. The van der Waals surface area contributed by atoms with Gasteiger partial charge in [0.2, 0.25) is 5.91 Å². The van der Waals surface area contributed by atoms with Gasteiger partial charge in [-0.15, -0.1) is 0 Å². The molecule has 0 aromatic heterocycles. The monoisotopic (exact) mass is 241 g/mol. The number of likely N-dealkylation sites (N-methyl/N-ethyl adjacent to an activating group) is 2. The number of likely N-dealkylation sites (tertiary alicyclic amines) is 1. The van der Waals surface area contributed by atoms with Gasteiger partial charge in [0.25, 0.3) is 0 Å². The summed E-state index contributed by atoms with van der Waals surface area (Å²) in [5, 5.41) is 3.26. The molecule has 4 nitrogen and oxygen atoms in total. The summed E-state index contributed by atoms with van der Waals surface area (Å²) in [5.41, 5.74) is 0. The first kappa shape index (κ1) is 14.5. The summed E-state index contributed by atoms with van der Waals surface area (Å²) in [4.78, 5) is 16.2.